The molecule has 0 atom stereocenters. The summed E-state index contributed by atoms with van der Waals surface area (Å²) in [4.78, 5) is 25.3. The summed E-state index contributed by atoms with van der Waals surface area (Å²) in [5.74, 6) is -0.348. The van der Waals surface area contributed by atoms with Crippen molar-refractivity contribution in [2.45, 2.75) is 19.3 Å². The van der Waals surface area contributed by atoms with Gasteiger partial charge in [0.15, 0.2) is 0 Å². The van der Waals surface area contributed by atoms with Crippen LogP contribution in [-0.2, 0) is 10.0 Å². The van der Waals surface area contributed by atoms with Crippen molar-refractivity contribution in [2.75, 3.05) is 17.8 Å². The summed E-state index contributed by atoms with van der Waals surface area (Å²) in [7, 11) is -4.12. The topological polar surface area (TPSA) is 125 Å². The SMILES string of the molecule is O=C(c1ccc([N+](=O)[O-])cc1NS(=O)(=O)C1=CC=CN2SNC=C12)N1CCCCC1. The van der Waals surface area contributed by atoms with Crippen LogP contribution >= 0.6 is 12.1 Å². The van der Waals surface area contributed by atoms with E-state index in [0.29, 0.717) is 18.8 Å². The van der Waals surface area contributed by atoms with Gasteiger partial charge in [0.25, 0.3) is 21.6 Å². The van der Waals surface area contributed by atoms with Crippen LogP contribution in [0.5, 0.6) is 0 Å². The summed E-state index contributed by atoms with van der Waals surface area (Å²) in [6.45, 7) is 1.14. The Morgan fingerprint density at radius 3 is 2.73 bits per heavy atom. The Hall–Kier alpha value is -2.99. The van der Waals surface area contributed by atoms with Gasteiger partial charge in [-0.25, -0.2) is 8.42 Å². The molecule has 0 spiro atoms. The summed E-state index contributed by atoms with van der Waals surface area (Å²) in [6, 6.07) is 3.60. The third-order valence-electron chi connectivity index (χ3n) is 4.93. The van der Waals surface area contributed by atoms with Crippen LogP contribution in [0.25, 0.3) is 0 Å². The number of carbonyl (C=O) groups excluding carboxylic acids is 1. The molecule has 1 saturated heterocycles. The van der Waals surface area contributed by atoms with E-state index in [1.165, 1.54) is 30.3 Å². The van der Waals surface area contributed by atoms with E-state index in [2.05, 4.69) is 9.44 Å². The lowest BCUT2D eigenvalue weighted by molar-refractivity contribution is -0.384. The van der Waals surface area contributed by atoms with Gasteiger partial charge in [-0.15, -0.1) is 0 Å². The minimum atomic E-state index is -4.12. The van der Waals surface area contributed by atoms with Crippen molar-refractivity contribution in [1.82, 2.24) is 13.9 Å². The Bertz CT molecular complexity index is 1090. The zero-order valence-corrected chi connectivity index (χ0v) is 17.4. The van der Waals surface area contributed by atoms with Crippen LogP contribution in [0.15, 0.2) is 53.4 Å². The second-order valence-corrected chi connectivity index (χ2v) is 9.34. The third-order valence-corrected chi connectivity index (χ3v) is 7.08. The van der Waals surface area contributed by atoms with Crippen LogP contribution in [0.4, 0.5) is 11.4 Å². The van der Waals surface area contributed by atoms with E-state index >= 15 is 0 Å². The number of hydrogen-bond acceptors (Lipinski definition) is 8. The first kappa shape index (κ1) is 20.3. The number of nitrogens with one attached hydrogen (secondary N) is 2. The Labute approximate surface area is 177 Å². The van der Waals surface area contributed by atoms with E-state index in [1.54, 1.807) is 27.7 Å². The molecule has 4 rings (SSSR count). The highest BCUT2D eigenvalue weighted by Crippen LogP contribution is 2.35. The second kappa shape index (κ2) is 8.03. The molecule has 1 aromatic carbocycles. The molecule has 0 aromatic heterocycles. The molecule has 10 nitrogen and oxygen atoms in total. The highest BCUT2D eigenvalue weighted by Gasteiger charge is 2.31. The van der Waals surface area contributed by atoms with Crippen LogP contribution in [0.2, 0.25) is 0 Å². The van der Waals surface area contributed by atoms with Gasteiger partial charge in [0.2, 0.25) is 0 Å². The van der Waals surface area contributed by atoms with Crippen LogP contribution in [-0.4, -0.2) is 41.5 Å². The Balaban J connectivity index is 1.70. The summed E-state index contributed by atoms with van der Waals surface area (Å²) in [5.41, 5.74) is 0.0902. The first-order valence-corrected chi connectivity index (χ1v) is 11.5. The molecular weight excluding hydrogens is 430 g/mol. The number of sulfonamides is 1. The lowest BCUT2D eigenvalue weighted by Crippen LogP contribution is -2.36. The number of fused-ring (bicyclic) bond motifs is 1. The molecule has 0 saturated carbocycles. The molecule has 30 heavy (non-hydrogen) atoms. The number of amides is 1. The number of piperidine rings is 1. The predicted molar refractivity (Wildman–Crippen MR) is 113 cm³/mol. The Morgan fingerprint density at radius 1 is 1.23 bits per heavy atom. The Kier molecular flexibility index (Phi) is 5.43. The van der Waals surface area contributed by atoms with E-state index in [4.69, 9.17) is 0 Å². The van der Waals surface area contributed by atoms with Crippen molar-refractivity contribution in [3.05, 3.63) is 69.0 Å². The monoisotopic (exact) mass is 449 g/mol. The van der Waals surface area contributed by atoms with Crippen molar-refractivity contribution < 1.29 is 18.1 Å². The van der Waals surface area contributed by atoms with Gasteiger partial charge >= 0.3 is 0 Å². The molecular formula is C18H19N5O5S2. The van der Waals surface area contributed by atoms with Crippen LogP contribution < -0.4 is 9.44 Å². The summed E-state index contributed by atoms with van der Waals surface area (Å²) >= 11 is 1.21. The number of non-ortho nitro benzene ring substituents is 1. The van der Waals surface area contributed by atoms with Crippen molar-refractivity contribution >= 4 is 39.4 Å². The molecule has 3 aliphatic heterocycles. The van der Waals surface area contributed by atoms with Gasteiger partial charge < -0.3 is 9.62 Å². The second-order valence-electron chi connectivity index (χ2n) is 6.88. The molecule has 1 amide bonds. The number of allylic oxidation sites excluding steroid dienone is 2. The van der Waals surface area contributed by atoms with Gasteiger partial charge in [0.05, 0.1) is 34.0 Å². The van der Waals surface area contributed by atoms with Crippen LogP contribution in [0.3, 0.4) is 0 Å². The van der Waals surface area contributed by atoms with Crippen molar-refractivity contribution in [3.8, 4) is 0 Å². The van der Waals surface area contributed by atoms with E-state index < -0.39 is 14.9 Å². The van der Waals surface area contributed by atoms with Crippen molar-refractivity contribution in [1.29, 1.82) is 0 Å². The normalized spacial score (nSPS) is 18.3. The third kappa shape index (κ3) is 3.87. The summed E-state index contributed by atoms with van der Waals surface area (Å²) < 4.78 is 33.1. The van der Waals surface area contributed by atoms with E-state index in [0.717, 1.165) is 25.3 Å². The van der Waals surface area contributed by atoms with E-state index in [9.17, 15) is 23.3 Å². The minimum Gasteiger partial charge on any atom is -0.339 e. The molecule has 3 heterocycles. The molecule has 12 heteroatoms. The van der Waals surface area contributed by atoms with Crippen molar-refractivity contribution in [2.24, 2.45) is 0 Å². The number of carbonyl (C=O) groups is 1. The maximum Gasteiger partial charge on any atom is 0.271 e. The summed E-state index contributed by atoms with van der Waals surface area (Å²) in [5, 5.41) is 11.2. The lowest BCUT2D eigenvalue weighted by atomic mass is 10.1. The average molecular weight is 450 g/mol. The van der Waals surface area contributed by atoms with E-state index in [1.807, 2.05) is 0 Å². The molecule has 0 radical (unpaired) electrons. The number of rotatable bonds is 5. The molecule has 0 aliphatic carbocycles. The average Bonchev–Trinajstić information content (AvgIpc) is 3.22. The fraction of sp³-hybridized carbons (Fsp3) is 0.278. The highest BCUT2D eigenvalue weighted by molar-refractivity contribution is 7.97. The molecule has 3 aliphatic rings. The number of nitrogens with zero attached hydrogens (tertiary/aromatic N) is 3. The zero-order valence-electron chi connectivity index (χ0n) is 15.8. The molecule has 0 bridgehead atoms. The standard InChI is InChI=1S/C18H19N5O5S2/c24-18(21-8-2-1-3-9-21)14-7-6-13(23(25)26)11-15(14)20-30(27,28)17-5-4-10-22-16(17)12-19-29-22/h4-7,10-12,19-20H,1-3,8-9H2. The number of nitro groups is 1. The fourth-order valence-electron chi connectivity index (χ4n) is 3.45. The quantitative estimate of drug-likeness (QED) is 0.399. The molecule has 0 unspecified atom stereocenters. The van der Waals surface area contributed by atoms with Gasteiger partial charge in [-0.3, -0.25) is 23.9 Å². The highest BCUT2D eigenvalue weighted by atomic mass is 32.2. The van der Waals surface area contributed by atoms with Gasteiger partial charge in [0, 0.05) is 37.6 Å². The largest absolute Gasteiger partial charge is 0.339 e. The predicted octanol–water partition coefficient (Wildman–Crippen LogP) is 2.68. The van der Waals surface area contributed by atoms with Gasteiger partial charge in [-0.2, -0.15) is 0 Å². The minimum absolute atomic E-state index is 0.00891. The maximum atomic E-state index is 13.1. The lowest BCUT2D eigenvalue weighted by Gasteiger charge is -2.27. The molecule has 1 fully saturated rings. The molecule has 2 N–H and O–H groups in total. The smallest absolute Gasteiger partial charge is 0.271 e. The molecule has 1 aromatic rings. The van der Waals surface area contributed by atoms with Crippen LogP contribution in [0, 0.1) is 10.1 Å². The maximum absolute atomic E-state index is 13.1. The fourth-order valence-corrected chi connectivity index (χ4v) is 5.42. The van der Waals surface area contributed by atoms with Gasteiger partial charge in [0.1, 0.15) is 4.91 Å². The van der Waals surface area contributed by atoms with E-state index in [-0.39, 0.29) is 27.8 Å². The zero-order chi connectivity index (χ0) is 21.3. The molecule has 158 valence electrons. The first-order valence-electron chi connectivity index (χ1n) is 9.28. The Morgan fingerprint density at radius 2 is 2.00 bits per heavy atom. The van der Waals surface area contributed by atoms with Gasteiger partial charge in [-0.1, -0.05) is 0 Å². The first-order chi connectivity index (χ1) is 14.4. The number of likely N-dealkylation sites (tertiary alicyclic amines) is 1. The number of benzene rings is 1. The number of hydrogen-bond donors (Lipinski definition) is 2. The summed E-state index contributed by atoms with van der Waals surface area (Å²) in [6.07, 6.45) is 9.03. The number of anilines is 1. The van der Waals surface area contributed by atoms with Crippen molar-refractivity contribution in [3.63, 3.8) is 0 Å². The van der Waals surface area contributed by atoms with Crippen LogP contribution in [0.1, 0.15) is 29.6 Å². The number of nitro benzene ring substituents is 1. The van der Waals surface area contributed by atoms with Gasteiger partial charge in [-0.05, 0) is 37.5 Å².